The Morgan fingerprint density at radius 1 is 1.68 bits per heavy atom. The number of hydrogen-bond acceptors (Lipinski definition) is 4. The van der Waals surface area contributed by atoms with Crippen LogP contribution in [-0.4, -0.2) is 36.3 Å². The predicted octanol–water partition coefficient (Wildman–Crippen LogP) is 1.86. The highest BCUT2D eigenvalue weighted by molar-refractivity contribution is 7.09. The smallest absolute Gasteiger partial charge is 0.315 e. The summed E-state index contributed by atoms with van der Waals surface area (Å²) < 4.78 is 5.54. The molecule has 106 valence electrons. The molecule has 1 fully saturated rings. The van der Waals surface area contributed by atoms with Gasteiger partial charge in [-0.3, -0.25) is 0 Å². The first kappa shape index (κ1) is 14.3. The molecule has 2 N–H and O–H groups in total. The first-order valence-electron chi connectivity index (χ1n) is 6.72. The third-order valence-electron chi connectivity index (χ3n) is 3.21. The van der Waals surface area contributed by atoms with Crippen LogP contribution in [0.4, 0.5) is 4.79 Å². The highest BCUT2D eigenvalue weighted by Gasteiger charge is 2.23. The molecule has 5 nitrogen and oxygen atoms in total. The second-order valence-electron chi connectivity index (χ2n) is 4.85. The first-order valence-corrected chi connectivity index (χ1v) is 7.60. The van der Waals surface area contributed by atoms with E-state index in [0.29, 0.717) is 6.54 Å². The van der Waals surface area contributed by atoms with Crippen molar-refractivity contribution in [2.24, 2.45) is 0 Å². The summed E-state index contributed by atoms with van der Waals surface area (Å²) in [6.07, 6.45) is 3.04. The lowest BCUT2D eigenvalue weighted by Gasteiger charge is -2.20. The molecule has 1 saturated heterocycles. The van der Waals surface area contributed by atoms with Gasteiger partial charge in [0.25, 0.3) is 0 Å². The molecule has 6 heteroatoms. The average molecular weight is 283 g/mol. The molecule has 19 heavy (non-hydrogen) atoms. The minimum Gasteiger partial charge on any atom is -0.376 e. The van der Waals surface area contributed by atoms with Crippen LogP contribution in [0.15, 0.2) is 5.38 Å². The van der Waals surface area contributed by atoms with Crippen molar-refractivity contribution in [3.05, 3.63) is 16.1 Å². The summed E-state index contributed by atoms with van der Waals surface area (Å²) >= 11 is 1.63. The van der Waals surface area contributed by atoms with E-state index in [4.69, 9.17) is 4.74 Å². The van der Waals surface area contributed by atoms with E-state index in [-0.39, 0.29) is 18.2 Å². The third-order valence-corrected chi connectivity index (χ3v) is 4.04. The molecule has 1 aliphatic heterocycles. The number of nitrogens with zero attached hydrogens (tertiary/aromatic N) is 1. The van der Waals surface area contributed by atoms with E-state index in [1.807, 2.05) is 19.2 Å². The highest BCUT2D eigenvalue weighted by atomic mass is 32.1. The van der Waals surface area contributed by atoms with Gasteiger partial charge in [-0.05, 0) is 26.7 Å². The number of thiazole rings is 1. The number of urea groups is 1. The summed E-state index contributed by atoms with van der Waals surface area (Å²) in [5, 5.41) is 8.87. The number of hydrogen-bond donors (Lipinski definition) is 2. The standard InChI is InChI=1S/C13H21N3O2S/c1-9(12-4-3-7-18-12)15-13(17)14-6-5-11-8-19-10(2)16-11/h8-9,12H,3-7H2,1-2H3,(H2,14,15,17)/t9-,12+/m0/s1. The van der Waals surface area contributed by atoms with E-state index in [2.05, 4.69) is 15.6 Å². The fraction of sp³-hybridized carbons (Fsp3) is 0.692. The van der Waals surface area contributed by atoms with E-state index >= 15 is 0 Å². The Bertz CT molecular complexity index is 416. The van der Waals surface area contributed by atoms with Crippen LogP contribution in [0.3, 0.4) is 0 Å². The van der Waals surface area contributed by atoms with Gasteiger partial charge in [0.1, 0.15) is 0 Å². The highest BCUT2D eigenvalue weighted by Crippen LogP contribution is 2.15. The number of carbonyl (C=O) groups excluding carboxylic acids is 1. The Kier molecular flexibility index (Phi) is 5.15. The quantitative estimate of drug-likeness (QED) is 0.867. The maximum absolute atomic E-state index is 11.7. The summed E-state index contributed by atoms with van der Waals surface area (Å²) in [7, 11) is 0. The van der Waals surface area contributed by atoms with Crippen LogP contribution in [0.5, 0.6) is 0 Å². The number of ether oxygens (including phenoxy) is 1. The van der Waals surface area contributed by atoms with Crippen LogP contribution in [0, 0.1) is 6.92 Å². The second kappa shape index (κ2) is 6.86. The van der Waals surface area contributed by atoms with E-state index in [9.17, 15) is 4.79 Å². The summed E-state index contributed by atoms with van der Waals surface area (Å²) in [6.45, 7) is 5.38. The Balaban J connectivity index is 1.64. The molecule has 0 bridgehead atoms. The molecule has 0 unspecified atom stereocenters. The Labute approximate surface area is 117 Å². The van der Waals surface area contributed by atoms with Crippen molar-refractivity contribution in [1.82, 2.24) is 15.6 Å². The van der Waals surface area contributed by atoms with Gasteiger partial charge in [0.2, 0.25) is 0 Å². The molecule has 0 aliphatic carbocycles. The van der Waals surface area contributed by atoms with Gasteiger partial charge in [-0.1, -0.05) is 0 Å². The molecular formula is C13H21N3O2S. The largest absolute Gasteiger partial charge is 0.376 e. The zero-order valence-electron chi connectivity index (χ0n) is 11.4. The number of carbonyl (C=O) groups is 1. The van der Waals surface area contributed by atoms with Gasteiger partial charge < -0.3 is 15.4 Å². The van der Waals surface area contributed by atoms with E-state index < -0.39 is 0 Å². The Morgan fingerprint density at radius 2 is 2.53 bits per heavy atom. The zero-order chi connectivity index (χ0) is 13.7. The van der Waals surface area contributed by atoms with Crippen molar-refractivity contribution < 1.29 is 9.53 Å². The van der Waals surface area contributed by atoms with Gasteiger partial charge >= 0.3 is 6.03 Å². The second-order valence-corrected chi connectivity index (χ2v) is 5.91. The minimum atomic E-state index is -0.130. The number of rotatable bonds is 5. The maximum Gasteiger partial charge on any atom is 0.315 e. The molecule has 2 amide bonds. The van der Waals surface area contributed by atoms with Crippen molar-refractivity contribution >= 4 is 17.4 Å². The molecule has 2 rings (SSSR count). The van der Waals surface area contributed by atoms with Gasteiger partial charge in [-0.15, -0.1) is 11.3 Å². The minimum absolute atomic E-state index is 0.0593. The lowest BCUT2D eigenvalue weighted by molar-refractivity contribution is 0.0860. The molecule has 1 aromatic rings. The van der Waals surface area contributed by atoms with Crippen molar-refractivity contribution in [3.8, 4) is 0 Å². The monoisotopic (exact) mass is 283 g/mol. The third kappa shape index (κ3) is 4.47. The van der Waals surface area contributed by atoms with Crippen LogP contribution < -0.4 is 10.6 Å². The number of aryl methyl sites for hydroxylation is 1. The number of aromatic nitrogens is 1. The number of nitrogens with one attached hydrogen (secondary N) is 2. The fourth-order valence-corrected chi connectivity index (χ4v) is 2.82. The first-order chi connectivity index (χ1) is 9.15. The van der Waals surface area contributed by atoms with Crippen molar-refractivity contribution in [2.45, 2.75) is 45.3 Å². The van der Waals surface area contributed by atoms with Gasteiger partial charge in [0.05, 0.1) is 22.8 Å². The lowest BCUT2D eigenvalue weighted by atomic mass is 10.1. The van der Waals surface area contributed by atoms with E-state index in [1.54, 1.807) is 11.3 Å². The van der Waals surface area contributed by atoms with Crippen molar-refractivity contribution in [3.63, 3.8) is 0 Å². The summed E-state index contributed by atoms with van der Waals surface area (Å²) in [5.41, 5.74) is 1.04. The lowest BCUT2D eigenvalue weighted by Crippen LogP contribution is -2.46. The molecule has 0 spiro atoms. The average Bonchev–Trinajstić information content (AvgIpc) is 3.00. The normalized spacial score (nSPS) is 20.2. The van der Waals surface area contributed by atoms with Gasteiger partial charge in [-0.2, -0.15) is 0 Å². The van der Waals surface area contributed by atoms with Gasteiger partial charge in [-0.25, -0.2) is 9.78 Å². The molecule has 1 aliphatic rings. The fourth-order valence-electron chi connectivity index (χ4n) is 2.17. The molecule has 2 atom stereocenters. The molecular weight excluding hydrogens is 262 g/mol. The predicted molar refractivity (Wildman–Crippen MR) is 75.5 cm³/mol. The molecule has 1 aromatic heterocycles. The van der Waals surface area contributed by atoms with Crippen LogP contribution in [0.25, 0.3) is 0 Å². The molecule has 2 heterocycles. The van der Waals surface area contributed by atoms with Crippen LogP contribution in [0.2, 0.25) is 0 Å². The van der Waals surface area contributed by atoms with E-state index in [0.717, 1.165) is 36.6 Å². The van der Waals surface area contributed by atoms with Crippen molar-refractivity contribution in [2.75, 3.05) is 13.2 Å². The summed E-state index contributed by atoms with van der Waals surface area (Å²) in [6, 6.07) is -0.0704. The Hall–Kier alpha value is -1.14. The topological polar surface area (TPSA) is 63.2 Å². The van der Waals surface area contributed by atoms with Crippen LogP contribution in [-0.2, 0) is 11.2 Å². The zero-order valence-corrected chi connectivity index (χ0v) is 12.3. The SMILES string of the molecule is Cc1nc(CCNC(=O)N[C@@H](C)[C@H]2CCCO2)cs1. The maximum atomic E-state index is 11.7. The summed E-state index contributed by atoms with van der Waals surface area (Å²) in [5.74, 6) is 0. The van der Waals surface area contributed by atoms with E-state index in [1.165, 1.54) is 0 Å². The molecule has 0 radical (unpaired) electrons. The van der Waals surface area contributed by atoms with Gasteiger partial charge in [0, 0.05) is 25.0 Å². The number of amides is 2. The van der Waals surface area contributed by atoms with Crippen LogP contribution >= 0.6 is 11.3 Å². The van der Waals surface area contributed by atoms with Crippen molar-refractivity contribution in [1.29, 1.82) is 0 Å². The van der Waals surface area contributed by atoms with Crippen LogP contribution in [0.1, 0.15) is 30.5 Å². The summed E-state index contributed by atoms with van der Waals surface area (Å²) in [4.78, 5) is 16.1. The Morgan fingerprint density at radius 3 is 3.16 bits per heavy atom. The molecule has 0 saturated carbocycles. The molecule has 0 aromatic carbocycles. The van der Waals surface area contributed by atoms with Gasteiger partial charge in [0.15, 0.2) is 0 Å².